The fraction of sp³-hybridized carbons (Fsp3) is 0.818. The van der Waals surface area contributed by atoms with Gasteiger partial charge in [0.15, 0.2) is 8.32 Å². The van der Waals surface area contributed by atoms with Crippen LogP contribution >= 0.6 is 0 Å². The highest BCUT2D eigenvalue weighted by Crippen LogP contribution is 2.60. The monoisotopic (exact) mass is 498 g/mol. The second-order valence-electron chi connectivity index (χ2n) is 14.6. The average molecular weight is 499 g/mol. The quantitative estimate of drug-likeness (QED) is 0.302. The molecule has 0 aromatic heterocycles. The van der Waals surface area contributed by atoms with Gasteiger partial charge in [-0.1, -0.05) is 92.0 Å². The summed E-state index contributed by atoms with van der Waals surface area (Å²) in [6.45, 7) is 26.3. The van der Waals surface area contributed by atoms with Crippen LogP contribution in [0.5, 0.6) is 0 Å². The van der Waals surface area contributed by atoms with E-state index in [0.29, 0.717) is 5.41 Å². The van der Waals surface area contributed by atoms with Gasteiger partial charge in [-0.25, -0.2) is 0 Å². The molecule has 0 bridgehead atoms. The second-order valence-corrected chi connectivity index (χ2v) is 19.4. The summed E-state index contributed by atoms with van der Waals surface area (Å²) in [5, 5.41) is 0.244. The Labute approximate surface area is 220 Å². The summed E-state index contributed by atoms with van der Waals surface area (Å²) in [5.74, 6) is 3.41. The third-order valence-corrected chi connectivity index (χ3v) is 15.1. The molecule has 3 rings (SSSR count). The molecule has 3 aliphatic carbocycles. The summed E-state index contributed by atoms with van der Waals surface area (Å²) >= 11 is 0. The third kappa shape index (κ3) is 6.64. The van der Waals surface area contributed by atoms with Crippen molar-refractivity contribution in [2.45, 2.75) is 143 Å². The molecular formula is C33H58OSi. The van der Waals surface area contributed by atoms with E-state index in [1.54, 1.807) is 5.57 Å². The molecule has 2 heteroatoms. The number of allylic oxidation sites excluding steroid dienone is 3. The van der Waals surface area contributed by atoms with Gasteiger partial charge in [-0.3, -0.25) is 0 Å². The molecule has 3 fully saturated rings. The SMILES string of the molecule is C=C1/C(=C\C=C2/CCC[C@]3(C)[C@@H]([C@H](C)CCCC(C)C)CC[C@@H]23)CCC[C@@H]1O[Si](C)(C)C(C)(C)C. The summed E-state index contributed by atoms with van der Waals surface area (Å²) in [6, 6.07) is 0. The van der Waals surface area contributed by atoms with Crippen molar-refractivity contribution in [3.8, 4) is 0 Å². The lowest BCUT2D eigenvalue weighted by atomic mass is 9.60. The molecular weight excluding hydrogens is 440 g/mol. The van der Waals surface area contributed by atoms with E-state index in [-0.39, 0.29) is 11.1 Å². The minimum Gasteiger partial charge on any atom is -0.410 e. The molecule has 200 valence electrons. The van der Waals surface area contributed by atoms with Crippen LogP contribution < -0.4 is 0 Å². The molecule has 0 saturated heterocycles. The molecule has 5 atom stereocenters. The van der Waals surface area contributed by atoms with Gasteiger partial charge in [0, 0.05) is 0 Å². The first-order chi connectivity index (χ1) is 16.3. The summed E-state index contributed by atoms with van der Waals surface area (Å²) < 4.78 is 6.83. The lowest BCUT2D eigenvalue weighted by molar-refractivity contribution is 0.0929. The van der Waals surface area contributed by atoms with Crippen molar-refractivity contribution in [2.75, 3.05) is 0 Å². The van der Waals surface area contributed by atoms with Crippen LogP contribution in [0.15, 0.2) is 35.5 Å². The van der Waals surface area contributed by atoms with Crippen LogP contribution in [0.3, 0.4) is 0 Å². The van der Waals surface area contributed by atoms with Gasteiger partial charge in [0.25, 0.3) is 0 Å². The molecule has 0 aromatic rings. The lowest BCUT2D eigenvalue weighted by Crippen LogP contribution is -2.45. The highest BCUT2D eigenvalue weighted by molar-refractivity contribution is 6.74. The van der Waals surface area contributed by atoms with E-state index >= 15 is 0 Å². The average Bonchev–Trinajstić information content (AvgIpc) is 3.10. The maximum atomic E-state index is 6.83. The molecule has 0 amide bonds. The number of fused-ring (bicyclic) bond motifs is 1. The first-order valence-electron chi connectivity index (χ1n) is 15.0. The van der Waals surface area contributed by atoms with E-state index in [1.165, 1.54) is 68.9 Å². The zero-order valence-electron chi connectivity index (χ0n) is 24.9. The first kappa shape index (κ1) is 29.0. The summed E-state index contributed by atoms with van der Waals surface area (Å²) in [6.07, 6.45) is 19.9. The van der Waals surface area contributed by atoms with Crippen LogP contribution in [-0.4, -0.2) is 14.4 Å². The Kier molecular flexibility index (Phi) is 9.45. The van der Waals surface area contributed by atoms with Crippen LogP contribution in [0.2, 0.25) is 18.1 Å². The molecule has 1 nitrogen and oxygen atoms in total. The molecule has 0 radical (unpaired) electrons. The Morgan fingerprint density at radius 2 is 1.74 bits per heavy atom. The van der Waals surface area contributed by atoms with Gasteiger partial charge >= 0.3 is 0 Å². The van der Waals surface area contributed by atoms with Crippen molar-refractivity contribution in [3.05, 3.63) is 35.5 Å². The standard InChI is InChI=1S/C33H58OSi/c1-24(2)14-11-15-25(3)29-21-22-30-28(17-13-23-33(29,30)8)20-19-27-16-12-18-31(26(27)4)34-35(9,10)32(5,6)7/h19-20,24-25,29-31H,4,11-18,21-23H2,1-3,5-10H3/b27-19-,28-20+/t25-,29-,30+,31+,33-/m1/s1. The minimum absolute atomic E-state index is 0.216. The zero-order chi connectivity index (χ0) is 26.0. The van der Waals surface area contributed by atoms with Gasteiger partial charge in [0.2, 0.25) is 0 Å². The fourth-order valence-corrected chi connectivity index (χ4v) is 8.67. The first-order valence-corrected chi connectivity index (χ1v) is 17.9. The number of hydrogen-bond donors (Lipinski definition) is 0. The largest absolute Gasteiger partial charge is 0.410 e. The molecule has 3 saturated carbocycles. The van der Waals surface area contributed by atoms with Crippen molar-refractivity contribution in [3.63, 3.8) is 0 Å². The molecule has 0 heterocycles. The van der Waals surface area contributed by atoms with Crippen molar-refractivity contribution < 1.29 is 4.43 Å². The van der Waals surface area contributed by atoms with Crippen LogP contribution in [0.1, 0.15) is 119 Å². The molecule has 3 aliphatic rings. The van der Waals surface area contributed by atoms with Crippen molar-refractivity contribution in [1.82, 2.24) is 0 Å². The summed E-state index contributed by atoms with van der Waals surface area (Å²) in [7, 11) is -1.78. The van der Waals surface area contributed by atoms with Crippen molar-refractivity contribution in [2.24, 2.45) is 29.1 Å². The predicted octanol–water partition coefficient (Wildman–Crippen LogP) is 10.6. The van der Waals surface area contributed by atoms with E-state index in [9.17, 15) is 0 Å². The Morgan fingerprint density at radius 3 is 2.40 bits per heavy atom. The van der Waals surface area contributed by atoms with E-state index in [2.05, 4.69) is 80.3 Å². The van der Waals surface area contributed by atoms with Gasteiger partial charge in [0.1, 0.15) is 0 Å². The minimum atomic E-state index is -1.78. The van der Waals surface area contributed by atoms with Crippen molar-refractivity contribution >= 4 is 8.32 Å². The highest BCUT2D eigenvalue weighted by atomic mass is 28.4. The Bertz CT molecular complexity index is 794. The fourth-order valence-electron chi connectivity index (χ4n) is 7.34. The maximum Gasteiger partial charge on any atom is 0.192 e. The molecule has 0 spiro atoms. The van der Waals surface area contributed by atoms with Gasteiger partial charge < -0.3 is 4.43 Å². The van der Waals surface area contributed by atoms with Crippen LogP contribution in [0, 0.1) is 29.1 Å². The Morgan fingerprint density at radius 1 is 1.03 bits per heavy atom. The van der Waals surface area contributed by atoms with Crippen LogP contribution in [0.25, 0.3) is 0 Å². The topological polar surface area (TPSA) is 9.23 Å². The van der Waals surface area contributed by atoms with E-state index in [4.69, 9.17) is 4.43 Å². The molecule has 0 aromatic carbocycles. The van der Waals surface area contributed by atoms with Gasteiger partial charge in [0.05, 0.1) is 6.10 Å². The summed E-state index contributed by atoms with van der Waals surface area (Å²) in [4.78, 5) is 0. The predicted molar refractivity (Wildman–Crippen MR) is 157 cm³/mol. The molecule has 0 unspecified atom stereocenters. The third-order valence-electron chi connectivity index (χ3n) is 10.6. The smallest absolute Gasteiger partial charge is 0.192 e. The van der Waals surface area contributed by atoms with Crippen LogP contribution in [-0.2, 0) is 4.43 Å². The van der Waals surface area contributed by atoms with Gasteiger partial charge in [-0.2, -0.15) is 0 Å². The summed E-state index contributed by atoms with van der Waals surface area (Å²) in [5.41, 5.74) is 4.97. The zero-order valence-corrected chi connectivity index (χ0v) is 25.9. The Hall–Kier alpha value is -0.603. The van der Waals surface area contributed by atoms with Crippen molar-refractivity contribution in [1.29, 1.82) is 0 Å². The molecule has 35 heavy (non-hydrogen) atoms. The molecule has 0 N–H and O–H groups in total. The highest BCUT2D eigenvalue weighted by Gasteiger charge is 2.50. The van der Waals surface area contributed by atoms with E-state index in [0.717, 1.165) is 36.5 Å². The van der Waals surface area contributed by atoms with Crippen LogP contribution in [0.4, 0.5) is 0 Å². The Balaban J connectivity index is 1.70. The maximum absolute atomic E-state index is 6.83. The number of rotatable bonds is 8. The van der Waals surface area contributed by atoms with E-state index < -0.39 is 8.32 Å². The van der Waals surface area contributed by atoms with Gasteiger partial charge in [-0.05, 0) is 110 Å². The normalized spacial score (nSPS) is 33.5. The number of hydrogen-bond acceptors (Lipinski definition) is 1. The lowest BCUT2D eigenvalue weighted by Gasteiger charge is -2.44. The van der Waals surface area contributed by atoms with E-state index in [1.807, 2.05) is 0 Å². The van der Waals surface area contributed by atoms with Gasteiger partial charge in [-0.15, -0.1) is 0 Å². The molecule has 0 aliphatic heterocycles. The second kappa shape index (κ2) is 11.4.